The van der Waals surface area contributed by atoms with Gasteiger partial charge in [0.1, 0.15) is 5.02 Å². The molecule has 7 heteroatoms. The standard InChI is InChI=1S/C12H17ClN2O3S/c1-8-3-2-4-9(5-8)15-19(17,18)10-6-11(13)12(16)14-7-10/h6-9,15H,2-5H2,1H3,(H,14,16). The highest BCUT2D eigenvalue weighted by atomic mass is 35.5. The summed E-state index contributed by atoms with van der Waals surface area (Å²) >= 11 is 5.65. The van der Waals surface area contributed by atoms with E-state index in [9.17, 15) is 13.2 Å². The zero-order valence-electron chi connectivity index (χ0n) is 10.6. The summed E-state index contributed by atoms with van der Waals surface area (Å²) in [4.78, 5) is 13.4. The van der Waals surface area contributed by atoms with Crippen LogP contribution in [0.25, 0.3) is 0 Å². The maximum absolute atomic E-state index is 12.2. The quantitative estimate of drug-likeness (QED) is 0.895. The van der Waals surface area contributed by atoms with Gasteiger partial charge in [0.15, 0.2) is 0 Å². The summed E-state index contributed by atoms with van der Waals surface area (Å²) in [6.45, 7) is 2.12. The number of hydrogen-bond donors (Lipinski definition) is 2. The summed E-state index contributed by atoms with van der Waals surface area (Å²) in [5.41, 5.74) is -0.494. The second-order valence-corrected chi connectivity index (χ2v) is 7.22. The average Bonchev–Trinajstić information content (AvgIpc) is 2.32. The minimum atomic E-state index is -3.63. The van der Waals surface area contributed by atoms with Crippen LogP contribution in [-0.4, -0.2) is 19.4 Å². The topological polar surface area (TPSA) is 79.0 Å². The molecule has 1 saturated carbocycles. The van der Waals surface area contributed by atoms with Crippen LogP contribution in [0, 0.1) is 5.92 Å². The van der Waals surface area contributed by atoms with Gasteiger partial charge in [0.2, 0.25) is 10.0 Å². The first-order chi connectivity index (χ1) is 8.88. The molecule has 1 aliphatic rings. The first-order valence-electron chi connectivity index (χ1n) is 6.29. The SMILES string of the molecule is CC1CCCC(NS(=O)(=O)c2c[nH]c(=O)c(Cl)c2)C1. The Labute approximate surface area is 117 Å². The minimum Gasteiger partial charge on any atom is -0.326 e. The van der Waals surface area contributed by atoms with Gasteiger partial charge in [0.25, 0.3) is 5.56 Å². The van der Waals surface area contributed by atoms with Gasteiger partial charge >= 0.3 is 0 Å². The molecule has 19 heavy (non-hydrogen) atoms. The third kappa shape index (κ3) is 3.58. The van der Waals surface area contributed by atoms with Crippen molar-refractivity contribution in [2.24, 2.45) is 5.92 Å². The smallest absolute Gasteiger partial charge is 0.266 e. The summed E-state index contributed by atoms with van der Waals surface area (Å²) in [5.74, 6) is 0.528. The Hall–Kier alpha value is -0.850. The summed E-state index contributed by atoms with van der Waals surface area (Å²) in [6, 6.07) is 1.13. The van der Waals surface area contributed by atoms with Crippen molar-refractivity contribution < 1.29 is 8.42 Å². The van der Waals surface area contributed by atoms with Crippen molar-refractivity contribution in [3.63, 3.8) is 0 Å². The molecule has 1 aliphatic carbocycles. The lowest BCUT2D eigenvalue weighted by Gasteiger charge is -2.27. The number of pyridine rings is 1. The summed E-state index contributed by atoms with van der Waals surface area (Å²) in [5, 5.41) is -0.125. The lowest BCUT2D eigenvalue weighted by atomic mass is 9.88. The molecule has 0 aromatic carbocycles. The van der Waals surface area contributed by atoms with Gasteiger partial charge in [0, 0.05) is 12.2 Å². The fourth-order valence-electron chi connectivity index (χ4n) is 2.42. The molecule has 0 radical (unpaired) electrons. The van der Waals surface area contributed by atoms with Gasteiger partial charge in [-0.05, 0) is 24.8 Å². The molecule has 1 aromatic heterocycles. The van der Waals surface area contributed by atoms with E-state index in [1.807, 2.05) is 0 Å². The molecule has 106 valence electrons. The maximum Gasteiger partial charge on any atom is 0.266 e. The van der Waals surface area contributed by atoms with Gasteiger partial charge < -0.3 is 4.98 Å². The maximum atomic E-state index is 12.2. The van der Waals surface area contributed by atoms with Crippen LogP contribution in [0.5, 0.6) is 0 Å². The van der Waals surface area contributed by atoms with E-state index in [0.29, 0.717) is 5.92 Å². The second kappa shape index (κ2) is 5.64. The molecule has 5 nitrogen and oxygen atoms in total. The van der Waals surface area contributed by atoms with E-state index in [4.69, 9.17) is 11.6 Å². The number of aromatic amines is 1. The number of nitrogens with one attached hydrogen (secondary N) is 2. The summed E-state index contributed by atoms with van der Waals surface area (Å²) in [6.07, 6.45) is 5.03. The third-order valence-electron chi connectivity index (χ3n) is 3.40. The van der Waals surface area contributed by atoms with Crippen LogP contribution in [0.15, 0.2) is 22.0 Å². The van der Waals surface area contributed by atoms with Crippen molar-refractivity contribution in [1.29, 1.82) is 0 Å². The Bertz CT molecular complexity index is 612. The molecule has 1 aromatic rings. The normalized spacial score (nSPS) is 24.3. The molecule has 1 fully saturated rings. The van der Waals surface area contributed by atoms with Gasteiger partial charge in [0.05, 0.1) is 4.90 Å². The largest absolute Gasteiger partial charge is 0.326 e. The van der Waals surface area contributed by atoms with Crippen molar-refractivity contribution in [1.82, 2.24) is 9.71 Å². The molecule has 1 heterocycles. The number of rotatable bonds is 3. The molecular weight excluding hydrogens is 288 g/mol. The molecule has 2 rings (SSSR count). The minimum absolute atomic E-state index is 0.00433. The summed E-state index contributed by atoms with van der Waals surface area (Å²) in [7, 11) is -3.63. The molecule has 0 amide bonds. The van der Waals surface area contributed by atoms with Crippen molar-refractivity contribution in [2.45, 2.75) is 43.5 Å². The van der Waals surface area contributed by atoms with Crippen LogP contribution in [0.1, 0.15) is 32.6 Å². The molecular formula is C12H17ClN2O3S. The van der Waals surface area contributed by atoms with E-state index < -0.39 is 15.6 Å². The van der Waals surface area contributed by atoms with Gasteiger partial charge in [-0.15, -0.1) is 0 Å². The predicted octanol–water partition coefficient (Wildman–Crippen LogP) is 1.89. The Morgan fingerprint density at radius 1 is 1.42 bits per heavy atom. The molecule has 0 aliphatic heterocycles. The van der Waals surface area contributed by atoms with Gasteiger partial charge in [-0.3, -0.25) is 4.79 Å². The molecule has 0 bridgehead atoms. The fourth-order valence-corrected chi connectivity index (χ4v) is 3.93. The van der Waals surface area contributed by atoms with Crippen molar-refractivity contribution >= 4 is 21.6 Å². The number of halogens is 1. The van der Waals surface area contributed by atoms with Crippen LogP contribution in [0.2, 0.25) is 5.02 Å². The van der Waals surface area contributed by atoms with Crippen LogP contribution < -0.4 is 10.3 Å². The Balaban J connectivity index is 2.17. The number of sulfonamides is 1. The molecule has 0 spiro atoms. The predicted molar refractivity (Wildman–Crippen MR) is 73.8 cm³/mol. The second-order valence-electron chi connectivity index (χ2n) is 5.10. The van der Waals surface area contributed by atoms with E-state index in [1.165, 1.54) is 12.3 Å². The number of H-pyrrole nitrogens is 1. The van der Waals surface area contributed by atoms with Crippen molar-refractivity contribution in [2.75, 3.05) is 0 Å². The van der Waals surface area contributed by atoms with Gasteiger partial charge in [-0.2, -0.15) is 0 Å². The number of aromatic nitrogens is 1. The fraction of sp³-hybridized carbons (Fsp3) is 0.583. The molecule has 2 unspecified atom stereocenters. The van der Waals surface area contributed by atoms with Crippen molar-refractivity contribution in [3.05, 3.63) is 27.6 Å². The third-order valence-corrected chi connectivity index (χ3v) is 5.18. The lowest BCUT2D eigenvalue weighted by Crippen LogP contribution is -2.38. The Kier molecular flexibility index (Phi) is 4.32. The Morgan fingerprint density at radius 2 is 2.16 bits per heavy atom. The Morgan fingerprint density at radius 3 is 2.79 bits per heavy atom. The zero-order chi connectivity index (χ0) is 14.0. The van der Waals surface area contributed by atoms with E-state index in [-0.39, 0.29) is 16.0 Å². The average molecular weight is 305 g/mol. The molecule has 2 atom stereocenters. The highest BCUT2D eigenvalue weighted by Crippen LogP contribution is 2.24. The van der Waals surface area contributed by atoms with E-state index >= 15 is 0 Å². The van der Waals surface area contributed by atoms with Crippen LogP contribution in [0.3, 0.4) is 0 Å². The summed E-state index contributed by atoms with van der Waals surface area (Å²) < 4.78 is 27.0. The van der Waals surface area contributed by atoms with Gasteiger partial charge in [-0.25, -0.2) is 13.1 Å². The molecule has 0 saturated heterocycles. The van der Waals surface area contributed by atoms with Crippen LogP contribution in [0.4, 0.5) is 0 Å². The number of hydrogen-bond acceptors (Lipinski definition) is 3. The molecule has 2 N–H and O–H groups in total. The van der Waals surface area contributed by atoms with Crippen LogP contribution in [-0.2, 0) is 10.0 Å². The highest BCUT2D eigenvalue weighted by molar-refractivity contribution is 7.89. The van der Waals surface area contributed by atoms with E-state index in [2.05, 4.69) is 16.6 Å². The monoisotopic (exact) mass is 304 g/mol. The van der Waals surface area contributed by atoms with Crippen LogP contribution >= 0.6 is 11.6 Å². The lowest BCUT2D eigenvalue weighted by molar-refractivity contribution is 0.327. The highest BCUT2D eigenvalue weighted by Gasteiger charge is 2.25. The zero-order valence-corrected chi connectivity index (χ0v) is 12.2. The first-order valence-corrected chi connectivity index (χ1v) is 8.15. The first kappa shape index (κ1) is 14.6. The van der Waals surface area contributed by atoms with E-state index in [0.717, 1.165) is 25.7 Å². The van der Waals surface area contributed by atoms with Gasteiger partial charge in [-0.1, -0.05) is 31.4 Å². The van der Waals surface area contributed by atoms with E-state index in [1.54, 1.807) is 0 Å². The van der Waals surface area contributed by atoms with Crippen molar-refractivity contribution in [3.8, 4) is 0 Å².